The minimum Gasteiger partial charge on any atom is -0.512 e. The standard InChI is InChI=1S/C12H13F3N2O2/c1-7(18)10(6-16)11(19)17-9-4-2-8(3-5-9)12(13,14)15/h2-5,18H,6,16H2,1H3,(H,17,19)/b10-7+. The Kier molecular flexibility index (Phi) is 4.55. The van der Waals surface area contributed by atoms with Gasteiger partial charge in [0.1, 0.15) is 0 Å². The van der Waals surface area contributed by atoms with Crippen LogP contribution in [0.2, 0.25) is 0 Å². The SMILES string of the molecule is C/C(O)=C(/CN)C(=O)Nc1ccc(C(F)(F)F)cc1. The summed E-state index contributed by atoms with van der Waals surface area (Å²) in [5, 5.41) is 11.6. The van der Waals surface area contributed by atoms with Crippen molar-refractivity contribution in [3.05, 3.63) is 41.2 Å². The van der Waals surface area contributed by atoms with E-state index in [-0.39, 0.29) is 23.6 Å². The summed E-state index contributed by atoms with van der Waals surface area (Å²) in [5.41, 5.74) is 4.63. The molecule has 0 saturated carbocycles. The quantitative estimate of drug-likeness (QED) is 0.585. The van der Waals surface area contributed by atoms with E-state index in [0.717, 1.165) is 24.3 Å². The highest BCUT2D eigenvalue weighted by atomic mass is 19.4. The zero-order valence-electron chi connectivity index (χ0n) is 10.1. The summed E-state index contributed by atoms with van der Waals surface area (Å²) in [6.07, 6.45) is -4.42. The lowest BCUT2D eigenvalue weighted by Gasteiger charge is -2.10. The lowest BCUT2D eigenvalue weighted by atomic mass is 10.1. The van der Waals surface area contributed by atoms with Gasteiger partial charge in [0.2, 0.25) is 0 Å². The molecular formula is C12H13F3N2O2. The number of benzene rings is 1. The van der Waals surface area contributed by atoms with Crippen molar-refractivity contribution >= 4 is 11.6 Å². The second kappa shape index (κ2) is 5.75. The van der Waals surface area contributed by atoms with Crippen LogP contribution in [0, 0.1) is 0 Å². The summed E-state index contributed by atoms with van der Waals surface area (Å²) in [4.78, 5) is 11.6. The molecule has 0 aromatic heterocycles. The molecule has 0 aliphatic rings. The van der Waals surface area contributed by atoms with Crippen LogP contribution in [0.4, 0.5) is 18.9 Å². The van der Waals surface area contributed by atoms with Crippen molar-refractivity contribution in [2.75, 3.05) is 11.9 Å². The van der Waals surface area contributed by atoms with Gasteiger partial charge in [0, 0.05) is 12.2 Å². The largest absolute Gasteiger partial charge is 0.512 e. The number of rotatable bonds is 3. The topological polar surface area (TPSA) is 75.3 Å². The highest BCUT2D eigenvalue weighted by Crippen LogP contribution is 2.29. The Hall–Kier alpha value is -2.02. The van der Waals surface area contributed by atoms with Crippen molar-refractivity contribution in [2.24, 2.45) is 5.73 Å². The van der Waals surface area contributed by atoms with E-state index in [4.69, 9.17) is 5.73 Å². The maximum Gasteiger partial charge on any atom is 0.416 e. The number of aliphatic hydroxyl groups is 1. The number of carbonyl (C=O) groups excluding carboxylic acids is 1. The second-order valence-electron chi connectivity index (χ2n) is 3.80. The van der Waals surface area contributed by atoms with Crippen molar-refractivity contribution in [3.63, 3.8) is 0 Å². The molecule has 0 heterocycles. The molecule has 1 aromatic rings. The minimum absolute atomic E-state index is 0.0279. The summed E-state index contributed by atoms with van der Waals surface area (Å²) >= 11 is 0. The Morgan fingerprint density at radius 1 is 1.32 bits per heavy atom. The van der Waals surface area contributed by atoms with Crippen LogP contribution in [0.15, 0.2) is 35.6 Å². The first-order chi connectivity index (χ1) is 8.75. The van der Waals surface area contributed by atoms with Crippen LogP contribution < -0.4 is 11.1 Å². The molecule has 0 aliphatic carbocycles. The predicted octanol–water partition coefficient (Wildman–Crippen LogP) is 2.43. The Morgan fingerprint density at radius 3 is 2.21 bits per heavy atom. The summed E-state index contributed by atoms with van der Waals surface area (Å²) in [7, 11) is 0. The molecule has 1 aromatic carbocycles. The van der Waals surface area contributed by atoms with Crippen LogP contribution >= 0.6 is 0 Å². The number of amides is 1. The average molecular weight is 274 g/mol. The van der Waals surface area contributed by atoms with Crippen LogP contribution in [-0.4, -0.2) is 17.6 Å². The van der Waals surface area contributed by atoms with E-state index >= 15 is 0 Å². The molecule has 1 rings (SSSR count). The molecular weight excluding hydrogens is 261 g/mol. The third-order valence-electron chi connectivity index (χ3n) is 2.39. The first kappa shape index (κ1) is 15.0. The Balaban J connectivity index is 2.85. The Morgan fingerprint density at radius 2 is 1.84 bits per heavy atom. The number of allylic oxidation sites excluding steroid dienone is 1. The summed E-state index contributed by atoms with van der Waals surface area (Å²) < 4.78 is 37.0. The average Bonchev–Trinajstić information content (AvgIpc) is 2.28. The Labute approximate surface area is 107 Å². The fourth-order valence-corrected chi connectivity index (χ4v) is 1.35. The highest BCUT2D eigenvalue weighted by molar-refractivity contribution is 6.04. The lowest BCUT2D eigenvalue weighted by molar-refractivity contribution is -0.137. The van der Waals surface area contributed by atoms with E-state index < -0.39 is 17.6 Å². The molecule has 4 N–H and O–H groups in total. The number of aliphatic hydroxyl groups excluding tert-OH is 1. The zero-order chi connectivity index (χ0) is 14.6. The number of hydrogen-bond acceptors (Lipinski definition) is 3. The summed E-state index contributed by atoms with van der Waals surface area (Å²) in [6, 6.07) is 3.96. The summed E-state index contributed by atoms with van der Waals surface area (Å²) in [6.45, 7) is 1.13. The molecule has 0 saturated heterocycles. The van der Waals surface area contributed by atoms with Crippen LogP contribution in [0.3, 0.4) is 0 Å². The molecule has 0 spiro atoms. The van der Waals surface area contributed by atoms with Gasteiger partial charge < -0.3 is 16.2 Å². The highest BCUT2D eigenvalue weighted by Gasteiger charge is 2.30. The predicted molar refractivity (Wildman–Crippen MR) is 64.5 cm³/mol. The number of carbonyl (C=O) groups is 1. The van der Waals surface area contributed by atoms with Gasteiger partial charge >= 0.3 is 6.18 Å². The van der Waals surface area contributed by atoms with Gasteiger partial charge in [0.05, 0.1) is 16.9 Å². The summed E-state index contributed by atoms with van der Waals surface area (Å²) in [5.74, 6) is -0.880. The van der Waals surface area contributed by atoms with Crippen LogP contribution in [0.5, 0.6) is 0 Å². The number of alkyl halides is 3. The van der Waals surface area contributed by atoms with Gasteiger partial charge in [-0.1, -0.05) is 0 Å². The molecule has 0 fully saturated rings. The molecule has 1 amide bonds. The number of hydrogen-bond donors (Lipinski definition) is 3. The van der Waals surface area contributed by atoms with Crippen molar-refractivity contribution in [2.45, 2.75) is 13.1 Å². The van der Waals surface area contributed by atoms with E-state index in [2.05, 4.69) is 5.32 Å². The maximum absolute atomic E-state index is 12.3. The number of nitrogens with two attached hydrogens (primary N) is 1. The van der Waals surface area contributed by atoms with E-state index in [1.165, 1.54) is 6.92 Å². The lowest BCUT2D eigenvalue weighted by Crippen LogP contribution is -2.21. The van der Waals surface area contributed by atoms with Crippen molar-refractivity contribution in [3.8, 4) is 0 Å². The zero-order valence-corrected chi connectivity index (χ0v) is 10.1. The molecule has 0 bridgehead atoms. The van der Waals surface area contributed by atoms with Gasteiger partial charge in [0.25, 0.3) is 5.91 Å². The smallest absolute Gasteiger partial charge is 0.416 e. The first-order valence-electron chi connectivity index (χ1n) is 5.33. The van der Waals surface area contributed by atoms with Crippen molar-refractivity contribution in [1.82, 2.24) is 0 Å². The molecule has 4 nitrogen and oxygen atoms in total. The van der Waals surface area contributed by atoms with Crippen LogP contribution in [0.25, 0.3) is 0 Å². The number of anilines is 1. The normalized spacial score (nSPS) is 12.9. The maximum atomic E-state index is 12.3. The fraction of sp³-hybridized carbons (Fsp3) is 0.250. The fourth-order valence-electron chi connectivity index (χ4n) is 1.35. The third kappa shape index (κ3) is 3.99. The number of halogens is 3. The van der Waals surface area contributed by atoms with Crippen molar-refractivity contribution < 1.29 is 23.1 Å². The van der Waals surface area contributed by atoms with Crippen LogP contribution in [-0.2, 0) is 11.0 Å². The molecule has 0 radical (unpaired) electrons. The molecule has 0 aliphatic heterocycles. The minimum atomic E-state index is -4.42. The third-order valence-corrected chi connectivity index (χ3v) is 2.39. The van der Waals surface area contributed by atoms with Gasteiger partial charge in [-0.05, 0) is 31.2 Å². The van der Waals surface area contributed by atoms with E-state index in [0.29, 0.717) is 0 Å². The molecule has 19 heavy (non-hydrogen) atoms. The van der Waals surface area contributed by atoms with E-state index in [9.17, 15) is 23.1 Å². The van der Waals surface area contributed by atoms with Gasteiger partial charge in [-0.15, -0.1) is 0 Å². The monoisotopic (exact) mass is 274 g/mol. The Bertz CT molecular complexity index is 489. The molecule has 0 unspecified atom stereocenters. The van der Waals surface area contributed by atoms with Crippen LogP contribution in [0.1, 0.15) is 12.5 Å². The van der Waals surface area contributed by atoms with Crippen molar-refractivity contribution in [1.29, 1.82) is 0 Å². The molecule has 7 heteroatoms. The molecule has 104 valence electrons. The van der Waals surface area contributed by atoms with Gasteiger partial charge in [-0.2, -0.15) is 13.2 Å². The van der Waals surface area contributed by atoms with Gasteiger partial charge in [-0.25, -0.2) is 0 Å². The van der Waals surface area contributed by atoms with Gasteiger partial charge in [0.15, 0.2) is 0 Å². The van der Waals surface area contributed by atoms with E-state index in [1.54, 1.807) is 0 Å². The number of nitrogens with one attached hydrogen (secondary N) is 1. The first-order valence-corrected chi connectivity index (χ1v) is 5.33. The second-order valence-corrected chi connectivity index (χ2v) is 3.80. The van der Waals surface area contributed by atoms with E-state index in [1.807, 2.05) is 0 Å². The van der Waals surface area contributed by atoms with Gasteiger partial charge in [-0.3, -0.25) is 4.79 Å². The molecule has 0 atom stereocenters.